The van der Waals surface area contributed by atoms with Crippen molar-refractivity contribution >= 4 is 58.8 Å². The number of hydrogen-bond acceptors (Lipinski definition) is 6. The van der Waals surface area contributed by atoms with E-state index in [9.17, 15) is 28.0 Å². The third kappa shape index (κ3) is 9.31. The van der Waals surface area contributed by atoms with E-state index in [0.29, 0.717) is 29.2 Å². The molecule has 0 radical (unpaired) electrons. The highest BCUT2D eigenvalue weighted by molar-refractivity contribution is 6.31. The lowest BCUT2D eigenvalue weighted by molar-refractivity contribution is -0.129. The molecule has 3 amide bonds. The number of hydrogen-bond donors (Lipinski definition) is 4. The van der Waals surface area contributed by atoms with Crippen LogP contribution in [0, 0.1) is 17.6 Å². The molecule has 0 saturated heterocycles. The number of halogens is 4. The van der Waals surface area contributed by atoms with Crippen LogP contribution in [0.15, 0.2) is 48.8 Å². The van der Waals surface area contributed by atoms with Crippen molar-refractivity contribution in [1.29, 1.82) is 0 Å². The average molecular weight is 786 g/mol. The van der Waals surface area contributed by atoms with Crippen LogP contribution in [-0.2, 0) is 41.3 Å². The van der Waals surface area contributed by atoms with Gasteiger partial charge >= 0.3 is 0 Å². The number of rotatable bonds is 8. The van der Waals surface area contributed by atoms with Gasteiger partial charge in [-0.25, -0.2) is 8.78 Å². The van der Waals surface area contributed by atoms with Crippen molar-refractivity contribution in [2.45, 2.75) is 77.0 Å². The zero-order valence-corrected chi connectivity index (χ0v) is 30.7. The van der Waals surface area contributed by atoms with Crippen molar-refractivity contribution < 1.29 is 32.7 Å². The molecule has 8 rings (SSSR count). The predicted molar refractivity (Wildman–Crippen MR) is 204 cm³/mol. The lowest BCUT2D eigenvalue weighted by Crippen LogP contribution is -2.28. The van der Waals surface area contributed by atoms with E-state index in [2.05, 4.69) is 20.7 Å². The molecule has 0 aliphatic heterocycles. The molecular weight excluding hydrogens is 741 g/mol. The number of fused-ring (bicyclic) bond motifs is 2. The number of aryl methyl sites for hydroxylation is 2. The molecule has 5 N–H and O–H groups in total. The fourth-order valence-electron chi connectivity index (χ4n) is 6.64. The maximum atomic E-state index is 13.3. The van der Waals surface area contributed by atoms with E-state index in [1.54, 1.807) is 9.13 Å². The summed E-state index contributed by atoms with van der Waals surface area (Å²) in [5, 5.41) is 8.55. The van der Waals surface area contributed by atoms with Crippen LogP contribution in [0.25, 0.3) is 0 Å². The number of carbonyl (C=O) groups excluding carboxylic acids is 4. The molecule has 0 bridgehead atoms. The smallest absolute Gasteiger partial charge is 0.293 e. The van der Waals surface area contributed by atoms with Gasteiger partial charge in [0.2, 0.25) is 5.91 Å². The van der Waals surface area contributed by atoms with E-state index in [1.165, 1.54) is 36.4 Å². The van der Waals surface area contributed by atoms with Gasteiger partial charge in [0.15, 0.2) is 0 Å². The Morgan fingerprint density at radius 1 is 0.796 bits per heavy atom. The van der Waals surface area contributed by atoms with Crippen molar-refractivity contribution in [2.75, 3.05) is 10.6 Å². The monoisotopic (exact) mass is 784 g/mol. The Morgan fingerprint density at radius 3 is 1.76 bits per heavy atom. The van der Waals surface area contributed by atoms with Crippen LogP contribution in [0.1, 0.15) is 101 Å². The zero-order chi connectivity index (χ0) is 38.0. The van der Waals surface area contributed by atoms with E-state index < -0.39 is 11.6 Å². The first-order valence-corrected chi connectivity index (χ1v) is 18.1. The number of anilines is 2. The predicted octanol–water partition coefficient (Wildman–Crippen LogP) is 7.56. The molecule has 11 nitrogen and oxygen atoms in total. The van der Waals surface area contributed by atoms with Crippen molar-refractivity contribution in [2.24, 2.45) is 25.7 Å². The molecule has 4 aliphatic carbocycles. The summed E-state index contributed by atoms with van der Waals surface area (Å²) < 4.78 is 34.4. The van der Waals surface area contributed by atoms with Gasteiger partial charge in [-0.3, -0.25) is 19.2 Å². The molecule has 2 saturated carbocycles. The zero-order valence-electron chi connectivity index (χ0n) is 29.2. The van der Waals surface area contributed by atoms with Gasteiger partial charge < -0.3 is 35.6 Å². The number of amides is 3. The molecule has 2 unspecified atom stereocenters. The van der Waals surface area contributed by atoms with Crippen LogP contribution in [0.5, 0.6) is 0 Å². The first-order chi connectivity index (χ1) is 25.3. The molecular formula is C39H44Cl2F2N6O5. The number of nitrogens with zero attached hydrogens (tertiary/aromatic N) is 2. The van der Waals surface area contributed by atoms with E-state index >= 15 is 0 Å². The van der Waals surface area contributed by atoms with Gasteiger partial charge in [-0.2, -0.15) is 0 Å². The van der Waals surface area contributed by atoms with Crippen LogP contribution in [0.4, 0.5) is 20.2 Å². The summed E-state index contributed by atoms with van der Waals surface area (Å²) in [5.41, 5.74) is 12.1. The molecule has 15 heteroatoms. The number of benzene rings is 2. The minimum absolute atomic E-state index is 0. The minimum Gasteiger partial charge on any atom is -0.465 e. The molecule has 4 aliphatic rings. The molecule has 2 fully saturated rings. The highest BCUT2D eigenvalue weighted by Gasteiger charge is 2.35. The maximum absolute atomic E-state index is 13.3. The Morgan fingerprint density at radius 2 is 1.30 bits per heavy atom. The normalized spacial score (nSPS) is 17.7. The van der Waals surface area contributed by atoms with E-state index in [0.717, 1.165) is 73.6 Å². The topological polar surface area (TPSA) is 149 Å². The summed E-state index contributed by atoms with van der Waals surface area (Å²) >= 11 is 11.5. The van der Waals surface area contributed by atoms with Gasteiger partial charge in [0.05, 0.1) is 16.1 Å². The van der Waals surface area contributed by atoms with Crippen LogP contribution >= 0.6 is 23.2 Å². The van der Waals surface area contributed by atoms with Crippen LogP contribution in [-0.4, -0.2) is 39.4 Å². The Kier molecular flexibility index (Phi) is 12.9. The third-order valence-electron chi connectivity index (χ3n) is 9.62. The van der Waals surface area contributed by atoms with Crippen molar-refractivity contribution in [3.05, 3.63) is 104 Å². The summed E-state index contributed by atoms with van der Waals surface area (Å²) in [7, 11) is 3.63. The molecule has 2 aromatic carbocycles. The standard InChI is InChI=1S/C19H19ClFN3O2.C15H15ClFN3O.C4H6O2.CH4/c1-24-9-13-12(5-7-16(13)23-18(25)10-2-3-10)17(24)19(26)22-11-4-6-15(21)14(20)8-11;1-20-7-10-9(3-5-13(10)18)14(20)15(21)19-8-2-4-12(17)11(16)6-8;5-3-6-4-1-2-4;/h4,6,8-10,16H,2-3,5,7H2,1H3,(H,22,26)(H,23,25);2,4,6-7,13H,3,5,18H2,1H3,(H,19,21);3-4H,1-2H2;1H4. The van der Waals surface area contributed by atoms with Gasteiger partial charge in [0, 0.05) is 49.8 Å². The van der Waals surface area contributed by atoms with Gasteiger partial charge in [-0.1, -0.05) is 30.6 Å². The number of ether oxygens (including phenoxy) is 1. The number of aromatic nitrogens is 2. The second-order valence-corrected chi connectivity index (χ2v) is 14.5. The fourth-order valence-corrected chi connectivity index (χ4v) is 7.00. The average Bonchev–Trinajstić information content (AvgIpc) is 4.01. The maximum Gasteiger partial charge on any atom is 0.293 e. The molecule has 288 valence electrons. The van der Waals surface area contributed by atoms with Gasteiger partial charge in [-0.15, -0.1) is 0 Å². The number of nitrogens with two attached hydrogens (primary N) is 1. The fraction of sp³-hybridized carbons (Fsp3) is 0.385. The van der Waals surface area contributed by atoms with Crippen LogP contribution in [0.2, 0.25) is 10.0 Å². The summed E-state index contributed by atoms with van der Waals surface area (Å²) in [6.07, 6.45) is 11.3. The first-order valence-electron chi connectivity index (χ1n) is 17.4. The Bertz CT molecular complexity index is 2060. The third-order valence-corrected chi connectivity index (χ3v) is 10.2. The van der Waals surface area contributed by atoms with Crippen molar-refractivity contribution in [3.8, 4) is 0 Å². The summed E-state index contributed by atoms with van der Waals surface area (Å²) in [4.78, 5) is 46.7. The Hall–Kier alpha value is -4.72. The first kappa shape index (κ1) is 40.5. The summed E-state index contributed by atoms with van der Waals surface area (Å²) in [6.45, 7) is 0.512. The highest BCUT2D eigenvalue weighted by atomic mass is 35.5. The summed E-state index contributed by atoms with van der Waals surface area (Å²) in [6, 6.07) is 8.13. The Labute approximate surface area is 322 Å². The van der Waals surface area contributed by atoms with E-state index in [-0.39, 0.29) is 59.3 Å². The van der Waals surface area contributed by atoms with Gasteiger partial charge in [0.1, 0.15) is 29.1 Å². The second kappa shape index (κ2) is 17.2. The molecule has 54 heavy (non-hydrogen) atoms. The number of nitrogens with one attached hydrogen (secondary N) is 3. The van der Waals surface area contributed by atoms with Crippen molar-refractivity contribution in [3.63, 3.8) is 0 Å². The summed E-state index contributed by atoms with van der Waals surface area (Å²) in [5.74, 6) is -1.28. The SMILES string of the molecule is C.Cn1cc2c(c1C(=O)Nc1ccc(F)c(Cl)c1)CCC2N.Cn1cc2c(c1C(=O)Nc1ccc(F)c(Cl)c1)CCC2NC(=O)C1CC1.O=COC1CC1. The lowest BCUT2D eigenvalue weighted by Gasteiger charge is -2.12. The quantitative estimate of drug-likeness (QED) is 0.136. The minimum atomic E-state index is -0.529. The highest BCUT2D eigenvalue weighted by Crippen LogP contribution is 2.37. The van der Waals surface area contributed by atoms with Crippen LogP contribution in [0.3, 0.4) is 0 Å². The molecule has 2 aromatic heterocycles. The lowest BCUT2D eigenvalue weighted by atomic mass is 10.1. The van der Waals surface area contributed by atoms with Crippen molar-refractivity contribution in [1.82, 2.24) is 14.5 Å². The van der Waals surface area contributed by atoms with Crippen LogP contribution < -0.4 is 21.7 Å². The largest absolute Gasteiger partial charge is 0.465 e. The van der Waals surface area contributed by atoms with Gasteiger partial charge in [0.25, 0.3) is 18.3 Å². The Balaban J connectivity index is 0.000000180. The van der Waals surface area contributed by atoms with Gasteiger partial charge in [-0.05, 0) is 110 Å². The second-order valence-electron chi connectivity index (χ2n) is 13.7. The molecule has 2 atom stereocenters. The number of carbonyl (C=O) groups is 4. The molecule has 0 spiro atoms. The molecule has 2 heterocycles. The molecule has 4 aromatic rings. The van der Waals surface area contributed by atoms with E-state index in [1.807, 2.05) is 26.5 Å². The van der Waals surface area contributed by atoms with E-state index in [4.69, 9.17) is 28.9 Å².